The van der Waals surface area contributed by atoms with E-state index < -0.39 is 6.10 Å². The summed E-state index contributed by atoms with van der Waals surface area (Å²) in [5.74, 6) is -0.315. The monoisotopic (exact) mass is 264 g/mol. The minimum Gasteiger partial charge on any atom is -0.382 e. The largest absolute Gasteiger partial charge is 0.382 e. The molecular weight excluding hydrogens is 240 g/mol. The third kappa shape index (κ3) is 5.01. The van der Waals surface area contributed by atoms with E-state index in [1.54, 1.807) is 7.05 Å². The van der Waals surface area contributed by atoms with E-state index in [0.29, 0.717) is 6.54 Å². The fourth-order valence-corrected chi connectivity index (χ4v) is 1.92. The number of nitrogens with zero attached hydrogens (tertiary/aromatic N) is 1. The summed E-state index contributed by atoms with van der Waals surface area (Å²) >= 11 is 0. The molecule has 1 aromatic rings. The molecular formula is C15H24N2O2. The van der Waals surface area contributed by atoms with Gasteiger partial charge in [-0.2, -0.15) is 0 Å². The van der Waals surface area contributed by atoms with E-state index in [1.165, 1.54) is 16.0 Å². The van der Waals surface area contributed by atoms with Crippen LogP contribution in [0.5, 0.6) is 0 Å². The summed E-state index contributed by atoms with van der Waals surface area (Å²) in [5.41, 5.74) is 7.80. The zero-order valence-corrected chi connectivity index (χ0v) is 11.8. The lowest BCUT2D eigenvalue weighted by Gasteiger charge is -2.19. The molecule has 106 valence electrons. The number of rotatable bonds is 7. The molecule has 0 aromatic heterocycles. The molecule has 1 rings (SSSR count). The SMILES string of the molecule is CCCc1ccc(CCN(C)C(=O)C(O)CN)cc1. The van der Waals surface area contributed by atoms with Crippen LogP contribution < -0.4 is 5.73 Å². The van der Waals surface area contributed by atoms with Gasteiger partial charge in [-0.25, -0.2) is 0 Å². The predicted molar refractivity (Wildman–Crippen MR) is 76.8 cm³/mol. The van der Waals surface area contributed by atoms with Crippen LogP contribution in [0.2, 0.25) is 0 Å². The fraction of sp³-hybridized carbons (Fsp3) is 0.533. The standard InChI is InChI=1S/C15H24N2O2/c1-3-4-12-5-7-13(8-6-12)9-10-17(2)15(19)14(18)11-16/h5-8,14,18H,3-4,9-11,16H2,1-2H3. The highest BCUT2D eigenvalue weighted by Crippen LogP contribution is 2.08. The van der Waals surface area contributed by atoms with Crippen molar-refractivity contribution in [3.63, 3.8) is 0 Å². The van der Waals surface area contributed by atoms with E-state index in [9.17, 15) is 9.90 Å². The van der Waals surface area contributed by atoms with E-state index >= 15 is 0 Å². The Morgan fingerprint density at radius 3 is 2.26 bits per heavy atom. The Bertz CT molecular complexity index is 390. The quantitative estimate of drug-likeness (QED) is 0.771. The Balaban J connectivity index is 2.45. The highest BCUT2D eigenvalue weighted by Gasteiger charge is 2.17. The number of amides is 1. The van der Waals surface area contributed by atoms with Gasteiger partial charge < -0.3 is 15.7 Å². The van der Waals surface area contributed by atoms with Crippen molar-refractivity contribution in [3.05, 3.63) is 35.4 Å². The van der Waals surface area contributed by atoms with Crippen molar-refractivity contribution in [3.8, 4) is 0 Å². The molecule has 1 amide bonds. The van der Waals surface area contributed by atoms with Gasteiger partial charge in [0.1, 0.15) is 6.10 Å². The number of carbonyl (C=O) groups excluding carboxylic acids is 1. The van der Waals surface area contributed by atoms with Gasteiger partial charge >= 0.3 is 0 Å². The summed E-state index contributed by atoms with van der Waals surface area (Å²) in [6, 6.07) is 8.47. The van der Waals surface area contributed by atoms with Crippen LogP contribution in [0.1, 0.15) is 24.5 Å². The fourth-order valence-electron chi connectivity index (χ4n) is 1.92. The lowest BCUT2D eigenvalue weighted by molar-refractivity contribution is -0.138. The maximum atomic E-state index is 11.6. The third-order valence-corrected chi connectivity index (χ3v) is 3.18. The summed E-state index contributed by atoms with van der Waals surface area (Å²) in [6.07, 6.45) is 1.94. The molecule has 1 unspecified atom stereocenters. The molecule has 0 saturated carbocycles. The number of nitrogens with two attached hydrogens (primary N) is 1. The summed E-state index contributed by atoms with van der Waals surface area (Å²) in [4.78, 5) is 13.2. The number of aryl methyl sites for hydroxylation is 1. The average Bonchev–Trinajstić information content (AvgIpc) is 2.44. The van der Waals surface area contributed by atoms with Gasteiger partial charge in [0.05, 0.1) is 0 Å². The number of aliphatic hydroxyl groups excluding tert-OH is 1. The molecule has 4 nitrogen and oxygen atoms in total. The Morgan fingerprint density at radius 2 is 1.79 bits per heavy atom. The van der Waals surface area contributed by atoms with Gasteiger partial charge in [0.2, 0.25) is 0 Å². The van der Waals surface area contributed by atoms with Crippen molar-refractivity contribution in [2.24, 2.45) is 5.73 Å². The summed E-state index contributed by atoms with van der Waals surface area (Å²) in [5, 5.41) is 9.37. The number of benzene rings is 1. The zero-order valence-electron chi connectivity index (χ0n) is 11.8. The first-order valence-electron chi connectivity index (χ1n) is 6.79. The molecule has 0 radical (unpaired) electrons. The summed E-state index contributed by atoms with van der Waals surface area (Å²) < 4.78 is 0. The predicted octanol–water partition coefficient (Wildman–Crippen LogP) is 0.960. The van der Waals surface area contributed by atoms with Crippen molar-refractivity contribution in [1.29, 1.82) is 0 Å². The molecule has 0 aliphatic heterocycles. The number of carbonyl (C=O) groups is 1. The first-order chi connectivity index (χ1) is 9.08. The molecule has 0 heterocycles. The Labute approximate surface area is 115 Å². The van der Waals surface area contributed by atoms with Gasteiger partial charge in [-0.1, -0.05) is 37.6 Å². The molecule has 4 heteroatoms. The zero-order chi connectivity index (χ0) is 14.3. The molecule has 19 heavy (non-hydrogen) atoms. The first kappa shape index (κ1) is 15.7. The van der Waals surface area contributed by atoms with E-state index in [4.69, 9.17) is 5.73 Å². The van der Waals surface area contributed by atoms with E-state index in [-0.39, 0.29) is 12.5 Å². The van der Waals surface area contributed by atoms with Gasteiger partial charge in [0.25, 0.3) is 5.91 Å². The van der Waals surface area contributed by atoms with Crippen LogP contribution in [0.25, 0.3) is 0 Å². The molecule has 1 aromatic carbocycles. The molecule has 1 atom stereocenters. The Hall–Kier alpha value is -1.39. The van der Waals surface area contributed by atoms with Crippen LogP contribution in [0.4, 0.5) is 0 Å². The minimum atomic E-state index is -1.09. The third-order valence-electron chi connectivity index (χ3n) is 3.18. The van der Waals surface area contributed by atoms with Crippen LogP contribution in [0, 0.1) is 0 Å². The minimum absolute atomic E-state index is 0.0328. The van der Waals surface area contributed by atoms with Crippen LogP contribution in [-0.2, 0) is 17.6 Å². The number of likely N-dealkylation sites (N-methyl/N-ethyl adjacent to an activating group) is 1. The lowest BCUT2D eigenvalue weighted by atomic mass is 10.1. The molecule has 0 fully saturated rings. The smallest absolute Gasteiger partial charge is 0.252 e. The lowest BCUT2D eigenvalue weighted by Crippen LogP contribution is -2.41. The topological polar surface area (TPSA) is 66.6 Å². The molecule has 0 bridgehead atoms. The Morgan fingerprint density at radius 1 is 1.26 bits per heavy atom. The normalized spacial score (nSPS) is 12.2. The molecule has 0 saturated heterocycles. The number of aliphatic hydroxyl groups is 1. The number of hydrogen-bond acceptors (Lipinski definition) is 3. The van der Waals surface area contributed by atoms with Crippen molar-refractivity contribution in [2.75, 3.05) is 20.1 Å². The molecule has 0 spiro atoms. The van der Waals surface area contributed by atoms with Crippen molar-refractivity contribution >= 4 is 5.91 Å². The van der Waals surface area contributed by atoms with Gasteiger partial charge in [0, 0.05) is 20.1 Å². The highest BCUT2D eigenvalue weighted by atomic mass is 16.3. The molecule has 0 aliphatic carbocycles. The maximum absolute atomic E-state index is 11.6. The van der Waals surface area contributed by atoms with Gasteiger partial charge in [-0.3, -0.25) is 4.79 Å². The van der Waals surface area contributed by atoms with Crippen LogP contribution in [0.15, 0.2) is 24.3 Å². The van der Waals surface area contributed by atoms with E-state index in [1.807, 2.05) is 0 Å². The molecule has 0 aliphatic rings. The highest BCUT2D eigenvalue weighted by molar-refractivity contribution is 5.80. The van der Waals surface area contributed by atoms with Gasteiger partial charge in [-0.15, -0.1) is 0 Å². The average molecular weight is 264 g/mol. The summed E-state index contributed by atoms with van der Waals surface area (Å²) in [6.45, 7) is 2.72. The second-order valence-corrected chi connectivity index (χ2v) is 4.83. The molecule has 3 N–H and O–H groups in total. The summed E-state index contributed by atoms with van der Waals surface area (Å²) in [7, 11) is 1.69. The van der Waals surface area contributed by atoms with E-state index in [0.717, 1.165) is 19.3 Å². The van der Waals surface area contributed by atoms with Crippen molar-refractivity contribution in [1.82, 2.24) is 4.90 Å². The van der Waals surface area contributed by atoms with Crippen molar-refractivity contribution in [2.45, 2.75) is 32.3 Å². The van der Waals surface area contributed by atoms with Crippen molar-refractivity contribution < 1.29 is 9.90 Å². The second kappa shape index (κ2) is 7.92. The van der Waals surface area contributed by atoms with Crippen LogP contribution in [-0.4, -0.2) is 42.2 Å². The van der Waals surface area contributed by atoms with E-state index in [2.05, 4.69) is 31.2 Å². The van der Waals surface area contributed by atoms with Crippen LogP contribution in [0.3, 0.4) is 0 Å². The van der Waals surface area contributed by atoms with Crippen LogP contribution >= 0.6 is 0 Å². The van der Waals surface area contributed by atoms with Gasteiger partial charge in [-0.05, 0) is 24.0 Å². The maximum Gasteiger partial charge on any atom is 0.252 e. The number of hydrogen-bond donors (Lipinski definition) is 2. The first-order valence-corrected chi connectivity index (χ1v) is 6.79. The second-order valence-electron chi connectivity index (χ2n) is 4.83. The Kier molecular flexibility index (Phi) is 6.53. The van der Waals surface area contributed by atoms with Gasteiger partial charge in [0.15, 0.2) is 0 Å².